The Labute approximate surface area is 119 Å². The summed E-state index contributed by atoms with van der Waals surface area (Å²) in [5.74, 6) is 1.89. The van der Waals surface area contributed by atoms with Crippen molar-refractivity contribution in [1.29, 1.82) is 0 Å². The number of alkyl halides is 1. The molecule has 0 aliphatic carbocycles. The van der Waals surface area contributed by atoms with Crippen molar-refractivity contribution in [3.63, 3.8) is 0 Å². The smallest absolute Gasteiger partial charge is 0.161 e. The Bertz CT molecular complexity index is 357. The highest BCUT2D eigenvalue weighted by Crippen LogP contribution is 2.29. The molecule has 1 aromatic carbocycles. The third kappa shape index (κ3) is 6.14. The maximum absolute atomic E-state index is 5.80. The molecule has 0 bridgehead atoms. The second-order valence-electron chi connectivity index (χ2n) is 3.80. The van der Waals surface area contributed by atoms with E-state index >= 15 is 0 Å². The van der Waals surface area contributed by atoms with Crippen LogP contribution in [0.3, 0.4) is 0 Å². The van der Waals surface area contributed by atoms with Crippen molar-refractivity contribution in [2.75, 3.05) is 40.1 Å². The minimum absolute atomic E-state index is 0.459. The fraction of sp³-hybridized carbons (Fsp3) is 0.571. The maximum Gasteiger partial charge on any atom is 0.161 e. The maximum atomic E-state index is 5.80. The van der Waals surface area contributed by atoms with Crippen LogP contribution in [0.5, 0.6) is 11.5 Å². The summed E-state index contributed by atoms with van der Waals surface area (Å²) >= 11 is 5.80. The minimum atomic E-state index is 0.459. The van der Waals surface area contributed by atoms with Crippen LogP contribution < -0.4 is 9.47 Å². The van der Waals surface area contributed by atoms with E-state index in [-0.39, 0.29) is 0 Å². The van der Waals surface area contributed by atoms with Gasteiger partial charge < -0.3 is 18.9 Å². The molecular formula is C14H21ClO4. The molecule has 4 nitrogen and oxygen atoms in total. The van der Waals surface area contributed by atoms with E-state index in [4.69, 9.17) is 30.5 Å². The van der Waals surface area contributed by atoms with E-state index < -0.39 is 0 Å². The predicted molar refractivity (Wildman–Crippen MR) is 75.4 cm³/mol. The third-order valence-corrected chi connectivity index (χ3v) is 2.69. The van der Waals surface area contributed by atoms with E-state index in [0.717, 1.165) is 11.3 Å². The largest absolute Gasteiger partial charge is 0.490 e. The number of benzene rings is 1. The van der Waals surface area contributed by atoms with Crippen molar-refractivity contribution in [2.24, 2.45) is 0 Å². The van der Waals surface area contributed by atoms with E-state index in [2.05, 4.69) is 0 Å². The molecule has 108 valence electrons. The minimum Gasteiger partial charge on any atom is -0.490 e. The number of methoxy groups -OCH3 is 1. The molecular weight excluding hydrogens is 268 g/mol. The van der Waals surface area contributed by atoms with Gasteiger partial charge in [-0.25, -0.2) is 0 Å². The molecule has 0 aromatic heterocycles. The Morgan fingerprint density at radius 1 is 1.00 bits per heavy atom. The topological polar surface area (TPSA) is 36.9 Å². The van der Waals surface area contributed by atoms with Crippen LogP contribution in [0.4, 0.5) is 0 Å². The fourth-order valence-corrected chi connectivity index (χ4v) is 1.64. The molecule has 5 heteroatoms. The summed E-state index contributed by atoms with van der Waals surface area (Å²) in [6.45, 7) is 4.69. The van der Waals surface area contributed by atoms with Crippen molar-refractivity contribution in [3.8, 4) is 11.5 Å². The SMILES string of the molecule is CCOc1cc(CCl)ccc1OCCOCCOC. The summed E-state index contributed by atoms with van der Waals surface area (Å²) in [5, 5.41) is 0. The quantitative estimate of drug-likeness (QED) is 0.490. The van der Waals surface area contributed by atoms with Gasteiger partial charge in [-0.15, -0.1) is 11.6 Å². The lowest BCUT2D eigenvalue weighted by molar-refractivity contribution is 0.0539. The molecule has 1 rings (SSSR count). The molecule has 0 saturated heterocycles. The lowest BCUT2D eigenvalue weighted by atomic mass is 10.2. The summed E-state index contributed by atoms with van der Waals surface area (Å²) in [6, 6.07) is 5.70. The molecule has 0 radical (unpaired) electrons. The molecule has 0 aliphatic rings. The van der Waals surface area contributed by atoms with E-state index in [9.17, 15) is 0 Å². The van der Waals surface area contributed by atoms with E-state index in [1.807, 2.05) is 25.1 Å². The normalized spacial score (nSPS) is 10.5. The standard InChI is InChI=1S/C14H21ClO4/c1-3-18-14-10-12(11-15)4-5-13(14)19-9-8-17-7-6-16-2/h4-5,10H,3,6-9,11H2,1-2H3. The zero-order valence-electron chi connectivity index (χ0n) is 11.5. The number of rotatable bonds is 10. The van der Waals surface area contributed by atoms with Crippen LogP contribution >= 0.6 is 11.6 Å². The number of hydrogen-bond donors (Lipinski definition) is 0. The van der Waals surface area contributed by atoms with Gasteiger partial charge in [0.25, 0.3) is 0 Å². The first-order chi connectivity index (χ1) is 9.31. The Hall–Kier alpha value is -0.970. The molecule has 0 atom stereocenters. The van der Waals surface area contributed by atoms with E-state index in [0.29, 0.717) is 44.7 Å². The van der Waals surface area contributed by atoms with Gasteiger partial charge in [0, 0.05) is 13.0 Å². The van der Waals surface area contributed by atoms with Crippen LogP contribution in [0.1, 0.15) is 12.5 Å². The second-order valence-corrected chi connectivity index (χ2v) is 4.07. The lowest BCUT2D eigenvalue weighted by Crippen LogP contribution is -2.10. The number of hydrogen-bond acceptors (Lipinski definition) is 4. The van der Waals surface area contributed by atoms with Crippen LogP contribution in [0.2, 0.25) is 0 Å². The van der Waals surface area contributed by atoms with Crippen molar-refractivity contribution in [1.82, 2.24) is 0 Å². The van der Waals surface area contributed by atoms with E-state index in [1.165, 1.54) is 0 Å². The van der Waals surface area contributed by atoms with Crippen molar-refractivity contribution >= 4 is 11.6 Å². The molecule has 0 unspecified atom stereocenters. The lowest BCUT2D eigenvalue weighted by Gasteiger charge is -2.13. The van der Waals surface area contributed by atoms with Crippen LogP contribution in [0.15, 0.2) is 18.2 Å². The summed E-state index contributed by atoms with van der Waals surface area (Å²) in [5.41, 5.74) is 1.01. The summed E-state index contributed by atoms with van der Waals surface area (Å²) in [4.78, 5) is 0. The van der Waals surface area contributed by atoms with Gasteiger partial charge in [0.2, 0.25) is 0 Å². The second kappa shape index (κ2) is 9.89. The average molecular weight is 289 g/mol. The van der Waals surface area contributed by atoms with Crippen molar-refractivity contribution < 1.29 is 18.9 Å². The van der Waals surface area contributed by atoms with Gasteiger partial charge in [0.15, 0.2) is 11.5 Å². The van der Waals surface area contributed by atoms with Gasteiger partial charge in [0.05, 0.1) is 26.4 Å². The Morgan fingerprint density at radius 2 is 1.79 bits per heavy atom. The van der Waals surface area contributed by atoms with Crippen LogP contribution in [0.25, 0.3) is 0 Å². The predicted octanol–water partition coefficient (Wildman–Crippen LogP) is 2.87. The molecule has 0 saturated carbocycles. The molecule has 0 amide bonds. The summed E-state index contributed by atoms with van der Waals surface area (Å²) in [7, 11) is 1.65. The highest BCUT2D eigenvalue weighted by molar-refractivity contribution is 6.17. The van der Waals surface area contributed by atoms with Gasteiger partial charge in [-0.05, 0) is 24.6 Å². The highest BCUT2D eigenvalue weighted by Gasteiger charge is 2.06. The molecule has 1 aromatic rings. The van der Waals surface area contributed by atoms with Crippen LogP contribution in [-0.2, 0) is 15.4 Å². The van der Waals surface area contributed by atoms with Crippen molar-refractivity contribution in [2.45, 2.75) is 12.8 Å². The number of ether oxygens (including phenoxy) is 4. The molecule has 0 aliphatic heterocycles. The van der Waals surface area contributed by atoms with Crippen LogP contribution in [-0.4, -0.2) is 40.1 Å². The monoisotopic (exact) mass is 288 g/mol. The van der Waals surface area contributed by atoms with Crippen molar-refractivity contribution in [3.05, 3.63) is 23.8 Å². The molecule has 19 heavy (non-hydrogen) atoms. The molecule has 0 spiro atoms. The summed E-state index contributed by atoms with van der Waals surface area (Å²) < 4.78 is 21.4. The van der Waals surface area contributed by atoms with Gasteiger partial charge in [-0.1, -0.05) is 6.07 Å². The zero-order chi connectivity index (χ0) is 13.9. The first-order valence-electron chi connectivity index (χ1n) is 6.33. The first-order valence-corrected chi connectivity index (χ1v) is 6.86. The van der Waals surface area contributed by atoms with Gasteiger partial charge >= 0.3 is 0 Å². The Kier molecular flexibility index (Phi) is 8.38. The Morgan fingerprint density at radius 3 is 2.47 bits per heavy atom. The molecule has 0 heterocycles. The molecule has 0 fully saturated rings. The molecule has 0 N–H and O–H groups in total. The van der Waals surface area contributed by atoms with Gasteiger partial charge in [-0.2, -0.15) is 0 Å². The van der Waals surface area contributed by atoms with Gasteiger partial charge in [0.1, 0.15) is 6.61 Å². The third-order valence-electron chi connectivity index (χ3n) is 2.38. The zero-order valence-corrected chi connectivity index (χ0v) is 12.2. The summed E-state index contributed by atoms with van der Waals surface area (Å²) in [6.07, 6.45) is 0. The first kappa shape index (κ1) is 16.1. The van der Waals surface area contributed by atoms with Crippen LogP contribution in [0, 0.1) is 0 Å². The highest BCUT2D eigenvalue weighted by atomic mass is 35.5. The Balaban J connectivity index is 2.43. The average Bonchev–Trinajstić information content (AvgIpc) is 2.44. The van der Waals surface area contributed by atoms with E-state index in [1.54, 1.807) is 7.11 Å². The fourth-order valence-electron chi connectivity index (χ4n) is 1.48. The number of halogens is 1. The van der Waals surface area contributed by atoms with Gasteiger partial charge in [-0.3, -0.25) is 0 Å².